The van der Waals surface area contributed by atoms with Crippen LogP contribution in [0.3, 0.4) is 0 Å². The van der Waals surface area contributed by atoms with E-state index in [2.05, 4.69) is 43.2 Å². The molecule has 3 N–H and O–H groups in total. The van der Waals surface area contributed by atoms with Gasteiger partial charge in [-0.15, -0.1) is 24.0 Å². The van der Waals surface area contributed by atoms with E-state index in [0.717, 1.165) is 44.4 Å². The predicted molar refractivity (Wildman–Crippen MR) is 128 cm³/mol. The number of hydrogen-bond acceptors (Lipinski definition) is 4. The van der Waals surface area contributed by atoms with Crippen LogP contribution >= 0.6 is 24.0 Å². The maximum absolute atomic E-state index is 9.42. The van der Waals surface area contributed by atoms with Crippen molar-refractivity contribution >= 4 is 29.9 Å². The molecule has 2 fully saturated rings. The van der Waals surface area contributed by atoms with Crippen LogP contribution in [0.4, 0.5) is 0 Å². The lowest BCUT2D eigenvalue weighted by atomic mass is 9.84. The molecule has 0 aromatic heterocycles. The first-order valence-corrected chi connectivity index (χ1v) is 10.9. The number of aliphatic imine (C=N–C) groups is 1. The third-order valence-electron chi connectivity index (χ3n) is 6.28. The molecule has 7 heteroatoms. The van der Waals surface area contributed by atoms with E-state index in [0.29, 0.717) is 25.1 Å². The molecular weight excluding hydrogens is 467 g/mol. The summed E-state index contributed by atoms with van der Waals surface area (Å²) >= 11 is 0. The third kappa shape index (κ3) is 7.95. The number of hydrogen-bond donors (Lipinski definition) is 3. The van der Waals surface area contributed by atoms with Gasteiger partial charge in [0.05, 0.1) is 13.2 Å². The number of halogens is 1. The van der Waals surface area contributed by atoms with Crippen LogP contribution in [0.25, 0.3) is 0 Å². The van der Waals surface area contributed by atoms with Crippen molar-refractivity contribution in [1.29, 1.82) is 0 Å². The Labute approximate surface area is 189 Å². The van der Waals surface area contributed by atoms with Crippen LogP contribution in [0, 0.1) is 17.3 Å². The van der Waals surface area contributed by atoms with Crippen molar-refractivity contribution < 1.29 is 9.84 Å². The number of likely N-dealkylation sites (tertiary alicyclic amines) is 1. The summed E-state index contributed by atoms with van der Waals surface area (Å²) in [6.07, 6.45) is 4.36. The highest BCUT2D eigenvalue weighted by Gasteiger charge is 2.34. The lowest BCUT2D eigenvalue weighted by Crippen LogP contribution is -2.51. The molecule has 0 aromatic carbocycles. The average Bonchev–Trinajstić information content (AvgIpc) is 3.10. The van der Waals surface area contributed by atoms with E-state index in [1.807, 2.05) is 0 Å². The molecule has 6 nitrogen and oxygen atoms in total. The summed E-state index contributed by atoms with van der Waals surface area (Å²) in [6.45, 7) is 15.7. The second-order valence-corrected chi connectivity index (χ2v) is 8.88. The van der Waals surface area contributed by atoms with Crippen LogP contribution in [0.15, 0.2) is 4.99 Å². The Balaban J connectivity index is 0.00000392. The zero-order chi connectivity index (χ0) is 19.7. The first-order valence-electron chi connectivity index (χ1n) is 10.9. The molecule has 166 valence electrons. The highest BCUT2D eigenvalue weighted by Crippen LogP contribution is 2.32. The first-order chi connectivity index (χ1) is 13.0. The molecule has 0 spiro atoms. The standard InChI is InChI=1S/C21H42N4O2.HI/c1-5-22-20(24-15-21(8-12-26)9-13-27-16-21)23-14-19(17(2)3)25-10-6-18(4)7-11-25;/h17-19,26H,5-16H2,1-4H3,(H2,22,23,24);1H. The quantitative estimate of drug-likeness (QED) is 0.253. The fourth-order valence-corrected chi connectivity index (χ4v) is 4.22. The van der Waals surface area contributed by atoms with Crippen molar-refractivity contribution in [3.8, 4) is 0 Å². The number of nitrogens with one attached hydrogen (secondary N) is 2. The van der Waals surface area contributed by atoms with Gasteiger partial charge in [0.15, 0.2) is 5.96 Å². The molecule has 2 rings (SSSR count). The van der Waals surface area contributed by atoms with Gasteiger partial charge in [-0.05, 0) is 57.5 Å². The van der Waals surface area contributed by atoms with Gasteiger partial charge in [0.25, 0.3) is 0 Å². The van der Waals surface area contributed by atoms with Gasteiger partial charge in [0.1, 0.15) is 0 Å². The molecule has 0 aliphatic carbocycles. The zero-order valence-electron chi connectivity index (χ0n) is 18.4. The van der Waals surface area contributed by atoms with Crippen LogP contribution < -0.4 is 10.6 Å². The molecule has 0 aromatic rings. The zero-order valence-corrected chi connectivity index (χ0v) is 20.7. The summed E-state index contributed by atoms with van der Waals surface area (Å²) in [5.74, 6) is 2.35. The maximum Gasteiger partial charge on any atom is 0.191 e. The van der Waals surface area contributed by atoms with Crippen LogP contribution in [-0.4, -0.2) is 74.6 Å². The average molecular weight is 511 g/mol. The number of ether oxygens (including phenoxy) is 1. The third-order valence-corrected chi connectivity index (χ3v) is 6.28. The molecule has 0 radical (unpaired) electrons. The van der Waals surface area contributed by atoms with Crippen molar-refractivity contribution in [3.05, 3.63) is 0 Å². The second-order valence-electron chi connectivity index (χ2n) is 8.88. The summed E-state index contributed by atoms with van der Waals surface area (Å²) in [4.78, 5) is 7.51. The Morgan fingerprint density at radius 1 is 1.29 bits per heavy atom. The lowest BCUT2D eigenvalue weighted by molar-refractivity contribution is 0.110. The Kier molecular flexibility index (Phi) is 12.3. The Morgan fingerprint density at radius 3 is 2.54 bits per heavy atom. The van der Waals surface area contributed by atoms with Crippen LogP contribution in [0.1, 0.15) is 53.4 Å². The highest BCUT2D eigenvalue weighted by atomic mass is 127. The summed E-state index contributed by atoms with van der Waals surface area (Å²) in [6, 6.07) is 0.530. The van der Waals surface area contributed by atoms with E-state index in [-0.39, 0.29) is 36.0 Å². The number of aliphatic hydroxyl groups is 1. The molecular formula is C21H43IN4O2. The van der Waals surface area contributed by atoms with Gasteiger partial charge in [-0.25, -0.2) is 0 Å². The Hall–Kier alpha value is -0.120. The van der Waals surface area contributed by atoms with E-state index in [4.69, 9.17) is 9.73 Å². The first kappa shape index (κ1) is 25.9. The molecule has 2 unspecified atom stereocenters. The molecule has 28 heavy (non-hydrogen) atoms. The largest absolute Gasteiger partial charge is 0.396 e. The predicted octanol–water partition coefficient (Wildman–Crippen LogP) is 2.71. The van der Waals surface area contributed by atoms with E-state index in [1.54, 1.807) is 0 Å². The second kappa shape index (κ2) is 13.2. The molecule has 0 saturated carbocycles. The molecule has 2 saturated heterocycles. The number of aliphatic hydroxyl groups excluding tert-OH is 1. The summed E-state index contributed by atoms with van der Waals surface area (Å²) in [5.41, 5.74) is -0.00242. The molecule has 2 heterocycles. The van der Waals surface area contributed by atoms with Gasteiger partial charge in [0.2, 0.25) is 0 Å². The normalized spacial score (nSPS) is 25.6. The van der Waals surface area contributed by atoms with Crippen molar-refractivity contribution in [1.82, 2.24) is 15.5 Å². The van der Waals surface area contributed by atoms with Crippen molar-refractivity contribution in [2.45, 2.75) is 59.4 Å². The number of guanidine groups is 1. The van der Waals surface area contributed by atoms with Gasteiger partial charge in [-0.3, -0.25) is 9.89 Å². The summed E-state index contributed by atoms with van der Waals surface area (Å²) in [5, 5.41) is 16.4. The van der Waals surface area contributed by atoms with Gasteiger partial charge in [-0.2, -0.15) is 0 Å². The molecule has 2 aliphatic rings. The smallest absolute Gasteiger partial charge is 0.191 e. The van der Waals surface area contributed by atoms with E-state index >= 15 is 0 Å². The van der Waals surface area contributed by atoms with E-state index in [9.17, 15) is 5.11 Å². The summed E-state index contributed by atoms with van der Waals surface area (Å²) < 4.78 is 5.60. The van der Waals surface area contributed by atoms with Crippen LogP contribution in [0.5, 0.6) is 0 Å². The van der Waals surface area contributed by atoms with Gasteiger partial charge < -0.3 is 20.5 Å². The van der Waals surface area contributed by atoms with Crippen LogP contribution in [0.2, 0.25) is 0 Å². The van der Waals surface area contributed by atoms with Gasteiger partial charge in [0, 0.05) is 37.8 Å². The van der Waals surface area contributed by atoms with Crippen molar-refractivity contribution in [2.75, 3.05) is 52.5 Å². The fourth-order valence-electron chi connectivity index (χ4n) is 4.22. The van der Waals surface area contributed by atoms with Crippen molar-refractivity contribution in [3.63, 3.8) is 0 Å². The molecule has 0 bridgehead atoms. The highest BCUT2D eigenvalue weighted by molar-refractivity contribution is 14.0. The lowest BCUT2D eigenvalue weighted by Gasteiger charge is -2.39. The molecule has 0 amide bonds. The molecule has 2 aliphatic heterocycles. The minimum atomic E-state index is -0.00242. The van der Waals surface area contributed by atoms with E-state index in [1.165, 1.54) is 25.9 Å². The maximum atomic E-state index is 9.42. The topological polar surface area (TPSA) is 69.1 Å². The number of rotatable bonds is 9. The van der Waals surface area contributed by atoms with Crippen LogP contribution in [-0.2, 0) is 4.74 Å². The Bertz CT molecular complexity index is 448. The minimum absolute atomic E-state index is 0. The van der Waals surface area contributed by atoms with Gasteiger partial charge in [-0.1, -0.05) is 20.8 Å². The van der Waals surface area contributed by atoms with E-state index < -0.39 is 0 Å². The number of piperidine rings is 1. The van der Waals surface area contributed by atoms with Crippen molar-refractivity contribution in [2.24, 2.45) is 22.2 Å². The monoisotopic (exact) mass is 510 g/mol. The van der Waals surface area contributed by atoms with Gasteiger partial charge >= 0.3 is 0 Å². The Morgan fingerprint density at radius 2 is 2.00 bits per heavy atom. The molecule has 2 atom stereocenters. The fraction of sp³-hybridized carbons (Fsp3) is 0.952. The number of nitrogens with zero attached hydrogens (tertiary/aromatic N) is 2. The SMILES string of the molecule is CCNC(=NCC1(CCO)CCOC1)NCC(C(C)C)N1CCC(C)CC1.I. The summed E-state index contributed by atoms with van der Waals surface area (Å²) in [7, 11) is 0. The minimum Gasteiger partial charge on any atom is -0.396 e.